The number of hydrogen-bond donors (Lipinski definition) is 0. The minimum absolute atomic E-state index is 0.155. The average molecular weight is 315 g/mol. The average Bonchev–Trinajstić information content (AvgIpc) is 3.05. The Hall–Kier alpha value is -2.51. The zero-order chi connectivity index (χ0) is 16.2. The lowest BCUT2D eigenvalue weighted by molar-refractivity contribution is -0.131. The molecule has 0 aliphatic carbocycles. The van der Waals surface area contributed by atoms with Crippen molar-refractivity contribution in [1.29, 1.82) is 0 Å². The first-order chi connectivity index (χ1) is 11.1. The quantitative estimate of drug-likeness (QED) is 0.814. The molecule has 0 bridgehead atoms. The van der Waals surface area contributed by atoms with Gasteiger partial charge < -0.3 is 9.80 Å². The topological polar surface area (TPSA) is 80.0 Å². The number of amides is 1. The van der Waals surface area contributed by atoms with E-state index in [2.05, 4.69) is 37.5 Å². The molecule has 1 fully saturated rings. The van der Waals surface area contributed by atoms with Crippen molar-refractivity contribution in [2.45, 2.75) is 26.8 Å². The molecule has 1 saturated heterocycles. The van der Waals surface area contributed by atoms with Crippen molar-refractivity contribution < 1.29 is 4.79 Å². The lowest BCUT2D eigenvalue weighted by atomic mass is 10.2. The molecule has 2 aromatic heterocycles. The highest BCUT2D eigenvalue weighted by atomic mass is 16.2. The molecule has 3 rings (SSSR count). The molecule has 1 aliphatic rings. The molecular weight excluding hydrogens is 294 g/mol. The molecule has 0 atom stereocenters. The highest BCUT2D eigenvalue weighted by Gasteiger charge is 2.21. The third kappa shape index (κ3) is 3.82. The zero-order valence-electron chi connectivity index (χ0n) is 13.5. The molecule has 0 saturated carbocycles. The number of piperazine rings is 1. The molecular formula is C15H21N7O. The summed E-state index contributed by atoms with van der Waals surface area (Å²) in [5.74, 6) is 0.155. The van der Waals surface area contributed by atoms with Crippen LogP contribution in [0.5, 0.6) is 0 Å². The van der Waals surface area contributed by atoms with E-state index in [1.807, 2.05) is 18.7 Å². The first kappa shape index (κ1) is 15.4. The van der Waals surface area contributed by atoms with Gasteiger partial charge in [0.25, 0.3) is 0 Å². The Balaban J connectivity index is 1.52. The van der Waals surface area contributed by atoms with Gasteiger partial charge in [0, 0.05) is 49.7 Å². The summed E-state index contributed by atoms with van der Waals surface area (Å²) in [6.07, 6.45) is 1.96. The fourth-order valence-corrected chi connectivity index (χ4v) is 2.86. The Morgan fingerprint density at radius 2 is 1.83 bits per heavy atom. The number of aromatic nitrogens is 5. The van der Waals surface area contributed by atoms with Gasteiger partial charge in [0.1, 0.15) is 6.33 Å². The predicted octanol–water partition coefficient (Wildman–Crippen LogP) is 0.424. The van der Waals surface area contributed by atoms with Crippen LogP contribution < -0.4 is 4.90 Å². The van der Waals surface area contributed by atoms with Crippen molar-refractivity contribution in [2.75, 3.05) is 31.1 Å². The first-order valence-electron chi connectivity index (χ1n) is 7.80. The predicted molar refractivity (Wildman–Crippen MR) is 84.9 cm³/mol. The Kier molecular flexibility index (Phi) is 4.50. The molecule has 0 unspecified atom stereocenters. The lowest BCUT2D eigenvalue weighted by Crippen LogP contribution is -2.49. The molecule has 3 heterocycles. The Bertz CT molecular complexity index is 642. The van der Waals surface area contributed by atoms with Crippen LogP contribution in [0.15, 0.2) is 18.5 Å². The summed E-state index contributed by atoms with van der Waals surface area (Å²) in [5.41, 5.74) is 3.25. The zero-order valence-corrected chi connectivity index (χ0v) is 13.5. The number of carbonyl (C=O) groups is 1. The normalized spacial score (nSPS) is 15.0. The highest BCUT2D eigenvalue weighted by Crippen LogP contribution is 2.18. The minimum atomic E-state index is 0.155. The van der Waals surface area contributed by atoms with E-state index < -0.39 is 0 Å². The molecule has 0 spiro atoms. The number of tetrazole rings is 1. The fraction of sp³-hybridized carbons (Fsp3) is 0.533. The smallest absolute Gasteiger partial charge is 0.224 e. The van der Waals surface area contributed by atoms with Crippen molar-refractivity contribution >= 4 is 11.6 Å². The number of hydrogen-bond acceptors (Lipinski definition) is 6. The summed E-state index contributed by atoms with van der Waals surface area (Å²) in [6.45, 7) is 7.72. The Labute approximate surface area is 135 Å². The second-order valence-corrected chi connectivity index (χ2v) is 5.80. The maximum absolute atomic E-state index is 12.3. The monoisotopic (exact) mass is 315 g/mol. The molecule has 1 aliphatic heterocycles. The van der Waals surface area contributed by atoms with E-state index in [0.717, 1.165) is 37.6 Å². The summed E-state index contributed by atoms with van der Waals surface area (Å²) < 4.78 is 1.58. The molecule has 0 radical (unpaired) electrons. The van der Waals surface area contributed by atoms with Crippen LogP contribution in [-0.4, -0.2) is 62.2 Å². The number of pyridine rings is 1. The summed E-state index contributed by atoms with van der Waals surface area (Å²) in [7, 11) is 0. The van der Waals surface area contributed by atoms with Crippen LogP contribution in [0.1, 0.15) is 17.8 Å². The van der Waals surface area contributed by atoms with Gasteiger partial charge in [0.2, 0.25) is 5.91 Å². The number of rotatable bonds is 4. The number of nitrogens with zero attached hydrogens (tertiary/aromatic N) is 7. The standard InChI is InChI=1S/C15H21N7O/c1-12-9-14(10-13(2)17-12)20-5-7-21(8-6-20)15(23)3-4-22-11-16-18-19-22/h9-11H,3-8H2,1-2H3. The van der Waals surface area contributed by atoms with Crippen LogP contribution in [-0.2, 0) is 11.3 Å². The third-order valence-electron chi connectivity index (χ3n) is 4.01. The maximum atomic E-state index is 12.3. The summed E-state index contributed by atoms with van der Waals surface area (Å²) in [6, 6.07) is 4.20. The van der Waals surface area contributed by atoms with Crippen LogP contribution in [0.3, 0.4) is 0 Å². The van der Waals surface area contributed by atoms with Gasteiger partial charge in [-0.2, -0.15) is 0 Å². The Morgan fingerprint density at radius 1 is 1.13 bits per heavy atom. The molecule has 8 nitrogen and oxygen atoms in total. The van der Waals surface area contributed by atoms with E-state index in [0.29, 0.717) is 13.0 Å². The number of carbonyl (C=O) groups excluding carboxylic acids is 1. The maximum Gasteiger partial charge on any atom is 0.224 e. The van der Waals surface area contributed by atoms with Gasteiger partial charge in [0.05, 0.1) is 6.54 Å². The van der Waals surface area contributed by atoms with Gasteiger partial charge >= 0.3 is 0 Å². The van der Waals surface area contributed by atoms with E-state index in [1.54, 1.807) is 4.68 Å². The molecule has 8 heteroatoms. The molecule has 0 N–H and O–H groups in total. The van der Waals surface area contributed by atoms with Crippen molar-refractivity contribution in [3.63, 3.8) is 0 Å². The van der Waals surface area contributed by atoms with Crippen LogP contribution >= 0.6 is 0 Å². The fourth-order valence-electron chi connectivity index (χ4n) is 2.86. The molecule has 122 valence electrons. The van der Waals surface area contributed by atoms with E-state index in [9.17, 15) is 4.79 Å². The van der Waals surface area contributed by atoms with Crippen LogP contribution in [0.2, 0.25) is 0 Å². The summed E-state index contributed by atoms with van der Waals surface area (Å²) in [4.78, 5) is 20.9. The largest absolute Gasteiger partial charge is 0.368 e. The highest BCUT2D eigenvalue weighted by molar-refractivity contribution is 5.76. The van der Waals surface area contributed by atoms with E-state index >= 15 is 0 Å². The van der Waals surface area contributed by atoms with Gasteiger partial charge in [0.15, 0.2) is 0 Å². The summed E-state index contributed by atoms with van der Waals surface area (Å²) in [5, 5.41) is 10.9. The summed E-state index contributed by atoms with van der Waals surface area (Å²) >= 11 is 0. The van der Waals surface area contributed by atoms with E-state index in [1.165, 1.54) is 12.0 Å². The van der Waals surface area contributed by atoms with E-state index in [4.69, 9.17) is 0 Å². The molecule has 2 aromatic rings. The van der Waals surface area contributed by atoms with Gasteiger partial charge in [-0.3, -0.25) is 9.78 Å². The molecule has 1 amide bonds. The van der Waals surface area contributed by atoms with Crippen molar-refractivity contribution in [2.24, 2.45) is 0 Å². The number of anilines is 1. The van der Waals surface area contributed by atoms with Crippen molar-refractivity contribution in [1.82, 2.24) is 30.1 Å². The first-order valence-corrected chi connectivity index (χ1v) is 7.80. The SMILES string of the molecule is Cc1cc(N2CCN(C(=O)CCn3cnnn3)CC2)cc(C)n1. The number of aryl methyl sites for hydroxylation is 3. The molecule has 0 aromatic carbocycles. The lowest BCUT2D eigenvalue weighted by Gasteiger charge is -2.36. The Morgan fingerprint density at radius 3 is 2.43 bits per heavy atom. The van der Waals surface area contributed by atoms with Gasteiger partial charge in [-0.15, -0.1) is 5.10 Å². The second kappa shape index (κ2) is 6.72. The third-order valence-corrected chi connectivity index (χ3v) is 4.01. The van der Waals surface area contributed by atoms with Crippen molar-refractivity contribution in [3.8, 4) is 0 Å². The molecule has 23 heavy (non-hydrogen) atoms. The minimum Gasteiger partial charge on any atom is -0.368 e. The second-order valence-electron chi connectivity index (χ2n) is 5.80. The van der Waals surface area contributed by atoms with Crippen LogP contribution in [0, 0.1) is 13.8 Å². The van der Waals surface area contributed by atoms with Crippen LogP contribution in [0.25, 0.3) is 0 Å². The van der Waals surface area contributed by atoms with E-state index in [-0.39, 0.29) is 5.91 Å². The van der Waals surface area contributed by atoms with Crippen molar-refractivity contribution in [3.05, 3.63) is 29.8 Å². The van der Waals surface area contributed by atoms with Gasteiger partial charge in [-0.25, -0.2) is 4.68 Å². The van der Waals surface area contributed by atoms with Gasteiger partial charge in [-0.05, 0) is 36.4 Å². The van der Waals surface area contributed by atoms with Crippen LogP contribution in [0.4, 0.5) is 5.69 Å². The van der Waals surface area contributed by atoms with Gasteiger partial charge in [-0.1, -0.05) is 0 Å².